The molecule has 0 unspecified atom stereocenters. The lowest BCUT2D eigenvalue weighted by Gasteiger charge is -2.04. The van der Waals surface area contributed by atoms with Gasteiger partial charge in [0, 0.05) is 12.1 Å². The van der Waals surface area contributed by atoms with Crippen LogP contribution in [0.4, 0.5) is 16.5 Å². The van der Waals surface area contributed by atoms with Crippen molar-refractivity contribution in [1.29, 1.82) is 0 Å². The van der Waals surface area contributed by atoms with E-state index in [4.69, 9.17) is 9.15 Å². The number of hydrazone groups is 1. The number of ether oxygens (including phenoxy) is 1. The zero-order valence-electron chi connectivity index (χ0n) is 16.5. The average Bonchev–Trinajstić information content (AvgIpc) is 3.25. The van der Waals surface area contributed by atoms with Gasteiger partial charge in [0.05, 0.1) is 11.1 Å². The number of nitro groups is 1. The Morgan fingerprint density at radius 3 is 2.66 bits per heavy atom. The van der Waals surface area contributed by atoms with Gasteiger partial charge >= 0.3 is 12.0 Å². The molecule has 0 atom stereocenters. The Morgan fingerprint density at radius 2 is 1.88 bits per heavy atom. The summed E-state index contributed by atoms with van der Waals surface area (Å²) >= 11 is 0. The van der Waals surface area contributed by atoms with E-state index in [0.717, 1.165) is 10.8 Å². The van der Waals surface area contributed by atoms with Gasteiger partial charge in [0.2, 0.25) is 0 Å². The maximum atomic E-state index is 11.9. The van der Waals surface area contributed by atoms with Crippen LogP contribution in [0.5, 0.6) is 5.75 Å². The number of aromatic nitrogens is 2. The lowest BCUT2D eigenvalue weighted by molar-refractivity contribution is -0.384. The molecule has 1 aromatic heterocycles. The molecule has 32 heavy (non-hydrogen) atoms. The molecule has 0 spiro atoms. The number of anilines is 1. The summed E-state index contributed by atoms with van der Waals surface area (Å²) in [6.45, 7) is 0.0347. The van der Waals surface area contributed by atoms with Gasteiger partial charge in [0.25, 0.3) is 11.6 Å². The zero-order chi connectivity index (χ0) is 22.3. The summed E-state index contributed by atoms with van der Waals surface area (Å²) in [4.78, 5) is 22.0. The summed E-state index contributed by atoms with van der Waals surface area (Å²) in [7, 11) is 0. The molecule has 3 aromatic carbocycles. The fraction of sp³-hybridized carbons (Fsp3) is 0.0476. The van der Waals surface area contributed by atoms with E-state index in [1.807, 2.05) is 42.5 Å². The van der Waals surface area contributed by atoms with Gasteiger partial charge < -0.3 is 9.15 Å². The normalized spacial score (nSPS) is 10.9. The Bertz CT molecular complexity index is 1290. The molecule has 0 saturated carbocycles. The maximum absolute atomic E-state index is 11.9. The number of carbonyl (C=O) groups is 1. The predicted molar refractivity (Wildman–Crippen MR) is 115 cm³/mol. The zero-order valence-corrected chi connectivity index (χ0v) is 16.5. The Balaban J connectivity index is 1.26. The topological polar surface area (TPSA) is 145 Å². The number of non-ortho nitro benzene ring substituents is 1. The molecule has 0 aliphatic heterocycles. The number of fused-ring (bicyclic) bond motifs is 1. The summed E-state index contributed by atoms with van der Waals surface area (Å²) in [5.41, 5.74) is 2.76. The van der Waals surface area contributed by atoms with Gasteiger partial charge in [-0.15, -0.1) is 5.10 Å². The van der Waals surface area contributed by atoms with Crippen molar-refractivity contribution in [2.75, 3.05) is 5.32 Å². The van der Waals surface area contributed by atoms with Crippen LogP contribution in [0.1, 0.15) is 11.5 Å². The van der Waals surface area contributed by atoms with Crippen molar-refractivity contribution in [1.82, 2.24) is 15.6 Å². The fourth-order valence-electron chi connectivity index (χ4n) is 2.74. The van der Waals surface area contributed by atoms with Gasteiger partial charge in [-0.25, -0.2) is 10.2 Å². The van der Waals surface area contributed by atoms with E-state index in [-0.39, 0.29) is 24.2 Å². The number of hydrogen-bond acceptors (Lipinski definition) is 8. The van der Waals surface area contributed by atoms with Gasteiger partial charge in [-0.05, 0) is 40.6 Å². The first-order valence-corrected chi connectivity index (χ1v) is 9.35. The monoisotopic (exact) mass is 432 g/mol. The number of nitrogens with zero attached hydrogens (tertiary/aromatic N) is 4. The smallest absolute Gasteiger partial charge is 0.343 e. The number of hydrogen-bond donors (Lipinski definition) is 2. The second-order valence-corrected chi connectivity index (χ2v) is 6.47. The van der Waals surface area contributed by atoms with E-state index >= 15 is 0 Å². The second-order valence-electron chi connectivity index (χ2n) is 6.47. The highest BCUT2D eigenvalue weighted by Gasteiger charge is 2.10. The number of nitro benzene ring substituents is 1. The number of carbonyl (C=O) groups excluding carboxylic acids is 1. The standard InChI is InChI=1S/C21H16N6O5/c28-20(25-22-12-14-5-8-17(9-6-14)27(29)30)23-21-26-24-19(32-21)13-31-18-10-7-15-3-1-2-4-16(15)11-18/h1-12H,13H2,(H2,23,25,26,28)/b22-12-. The predicted octanol–water partition coefficient (Wildman–Crippen LogP) is 3.87. The van der Waals surface area contributed by atoms with Crippen molar-refractivity contribution in [3.63, 3.8) is 0 Å². The Labute approximate surface area is 180 Å². The van der Waals surface area contributed by atoms with Gasteiger partial charge in [0.15, 0.2) is 6.61 Å². The summed E-state index contributed by atoms with van der Waals surface area (Å²) in [6, 6.07) is 18.5. The highest BCUT2D eigenvalue weighted by molar-refractivity contribution is 5.88. The third kappa shape index (κ3) is 5.21. The summed E-state index contributed by atoms with van der Waals surface area (Å²) in [6.07, 6.45) is 1.33. The summed E-state index contributed by atoms with van der Waals surface area (Å²) in [5.74, 6) is 0.831. The molecule has 0 aliphatic rings. The Hall–Kier alpha value is -4.80. The molecule has 0 bridgehead atoms. The highest BCUT2D eigenvalue weighted by Crippen LogP contribution is 2.21. The molecular weight excluding hydrogens is 416 g/mol. The number of amides is 2. The molecule has 0 saturated heterocycles. The number of urea groups is 1. The number of nitrogens with one attached hydrogen (secondary N) is 2. The Kier molecular flexibility index (Phi) is 5.98. The third-order valence-corrected chi connectivity index (χ3v) is 4.25. The third-order valence-electron chi connectivity index (χ3n) is 4.25. The van der Waals surface area contributed by atoms with Crippen LogP contribution in [0.2, 0.25) is 0 Å². The molecule has 0 fully saturated rings. The number of rotatable bonds is 7. The average molecular weight is 432 g/mol. The van der Waals surface area contributed by atoms with E-state index in [1.165, 1.54) is 30.5 Å². The van der Waals surface area contributed by atoms with Gasteiger partial charge in [-0.1, -0.05) is 35.4 Å². The van der Waals surface area contributed by atoms with Gasteiger partial charge in [-0.3, -0.25) is 15.4 Å². The van der Waals surface area contributed by atoms with Crippen LogP contribution in [-0.2, 0) is 6.61 Å². The number of benzene rings is 3. The lowest BCUT2D eigenvalue weighted by Crippen LogP contribution is -2.24. The molecule has 1 heterocycles. The molecule has 2 amide bonds. The molecule has 2 N–H and O–H groups in total. The van der Waals surface area contributed by atoms with Crippen molar-refractivity contribution in [2.24, 2.45) is 5.10 Å². The molecule has 11 nitrogen and oxygen atoms in total. The van der Waals surface area contributed by atoms with E-state index in [0.29, 0.717) is 11.3 Å². The van der Waals surface area contributed by atoms with E-state index in [2.05, 4.69) is 26.0 Å². The van der Waals surface area contributed by atoms with Crippen molar-refractivity contribution in [3.05, 3.63) is 88.3 Å². The molecule has 4 rings (SSSR count). The van der Waals surface area contributed by atoms with E-state index < -0.39 is 11.0 Å². The van der Waals surface area contributed by atoms with Gasteiger partial charge in [0.1, 0.15) is 5.75 Å². The van der Waals surface area contributed by atoms with Crippen molar-refractivity contribution in [3.8, 4) is 5.75 Å². The first-order valence-electron chi connectivity index (χ1n) is 9.35. The molecule has 160 valence electrons. The maximum Gasteiger partial charge on any atom is 0.343 e. The van der Waals surface area contributed by atoms with E-state index in [1.54, 1.807) is 0 Å². The van der Waals surface area contributed by atoms with Crippen LogP contribution >= 0.6 is 0 Å². The van der Waals surface area contributed by atoms with Crippen LogP contribution in [0.3, 0.4) is 0 Å². The minimum absolute atomic E-state index is 0.0347. The van der Waals surface area contributed by atoms with Gasteiger partial charge in [-0.2, -0.15) is 5.10 Å². The molecule has 11 heteroatoms. The molecule has 0 aliphatic carbocycles. The minimum atomic E-state index is -0.700. The van der Waals surface area contributed by atoms with Crippen LogP contribution in [0.25, 0.3) is 10.8 Å². The largest absolute Gasteiger partial charge is 0.484 e. The van der Waals surface area contributed by atoms with Crippen molar-refractivity contribution < 1.29 is 18.9 Å². The van der Waals surface area contributed by atoms with Crippen LogP contribution < -0.4 is 15.5 Å². The second kappa shape index (κ2) is 9.34. The van der Waals surface area contributed by atoms with Crippen molar-refractivity contribution in [2.45, 2.75) is 6.61 Å². The lowest BCUT2D eigenvalue weighted by atomic mass is 10.1. The SMILES string of the molecule is O=C(N/N=C\c1ccc([N+](=O)[O-])cc1)Nc1nnc(COc2ccc3ccccc3c2)o1. The molecular formula is C21H16N6O5. The van der Waals surface area contributed by atoms with Crippen LogP contribution in [0, 0.1) is 10.1 Å². The molecule has 0 radical (unpaired) electrons. The first-order chi connectivity index (χ1) is 15.6. The highest BCUT2D eigenvalue weighted by atomic mass is 16.6. The van der Waals surface area contributed by atoms with E-state index in [9.17, 15) is 14.9 Å². The summed E-state index contributed by atoms with van der Waals surface area (Å²) in [5, 5.41) is 26.4. The van der Waals surface area contributed by atoms with Crippen LogP contribution in [-0.4, -0.2) is 27.4 Å². The Morgan fingerprint density at radius 1 is 1.09 bits per heavy atom. The quantitative estimate of drug-likeness (QED) is 0.256. The van der Waals surface area contributed by atoms with Crippen molar-refractivity contribution >= 4 is 34.7 Å². The first kappa shape index (κ1) is 20.5. The van der Waals surface area contributed by atoms with Crippen LogP contribution in [0.15, 0.2) is 76.2 Å². The fourth-order valence-corrected chi connectivity index (χ4v) is 2.74. The summed E-state index contributed by atoms with van der Waals surface area (Å²) < 4.78 is 11.0. The molecule has 4 aromatic rings. The minimum Gasteiger partial charge on any atom is -0.484 e.